The highest BCUT2D eigenvalue weighted by atomic mass is 16.6. The molecule has 25 heavy (non-hydrogen) atoms. The molecule has 4 saturated carbocycles. The van der Waals surface area contributed by atoms with Crippen molar-refractivity contribution in [3.8, 4) is 0 Å². The third-order valence-electron chi connectivity index (χ3n) is 8.46. The predicted molar refractivity (Wildman–Crippen MR) is 94.6 cm³/mol. The molecule has 0 N–H and O–H groups in total. The van der Waals surface area contributed by atoms with Gasteiger partial charge in [-0.05, 0) is 87.4 Å². The van der Waals surface area contributed by atoms with Crippen molar-refractivity contribution < 1.29 is 14.3 Å². The fourth-order valence-corrected chi connectivity index (χ4v) is 7.34. The van der Waals surface area contributed by atoms with Gasteiger partial charge >= 0.3 is 5.97 Å². The summed E-state index contributed by atoms with van der Waals surface area (Å²) in [5.74, 6) is 5.34. The molecule has 0 aromatic heterocycles. The summed E-state index contributed by atoms with van der Waals surface area (Å²) in [4.78, 5) is 24.6. The topological polar surface area (TPSA) is 43.4 Å². The summed E-state index contributed by atoms with van der Waals surface area (Å²) in [6.07, 6.45) is 11.6. The number of ether oxygens (including phenoxy) is 1. The number of allylic oxidation sites excluding steroid dienone is 2. The molecule has 0 aromatic carbocycles. The molecule has 0 amide bonds. The molecule has 5 aliphatic carbocycles. The quantitative estimate of drug-likeness (QED) is 0.439. The van der Waals surface area contributed by atoms with Crippen molar-refractivity contribution in [2.75, 3.05) is 0 Å². The van der Waals surface area contributed by atoms with Crippen LogP contribution in [-0.2, 0) is 14.3 Å². The highest BCUT2D eigenvalue weighted by molar-refractivity contribution is 5.79. The van der Waals surface area contributed by atoms with Gasteiger partial charge in [0.25, 0.3) is 0 Å². The third kappa shape index (κ3) is 2.37. The van der Waals surface area contributed by atoms with Gasteiger partial charge in [-0.15, -0.1) is 0 Å². The van der Waals surface area contributed by atoms with Crippen LogP contribution in [0, 0.1) is 47.3 Å². The minimum absolute atomic E-state index is 0.0552. The second-order valence-corrected chi connectivity index (χ2v) is 9.94. The molecule has 0 heterocycles. The molecule has 7 unspecified atom stereocenters. The summed E-state index contributed by atoms with van der Waals surface area (Å²) in [6.45, 7) is 4.11. The maximum absolute atomic E-state index is 13.0. The zero-order valence-electron chi connectivity index (χ0n) is 15.4. The molecule has 136 valence electrons. The van der Waals surface area contributed by atoms with Crippen LogP contribution in [0.3, 0.4) is 0 Å². The Morgan fingerprint density at radius 3 is 2.44 bits per heavy atom. The predicted octanol–water partition coefficient (Wildman–Crippen LogP) is 4.16. The Morgan fingerprint density at radius 1 is 1.04 bits per heavy atom. The second-order valence-electron chi connectivity index (χ2n) is 9.94. The van der Waals surface area contributed by atoms with E-state index in [4.69, 9.17) is 4.74 Å². The van der Waals surface area contributed by atoms with E-state index < -0.39 is 5.60 Å². The Labute approximate surface area is 150 Å². The van der Waals surface area contributed by atoms with E-state index in [1.54, 1.807) is 0 Å². The average Bonchev–Trinajstić information content (AvgIpc) is 3.33. The summed E-state index contributed by atoms with van der Waals surface area (Å²) in [7, 11) is 0. The molecule has 0 saturated heterocycles. The first-order chi connectivity index (χ1) is 11.9. The van der Waals surface area contributed by atoms with Gasteiger partial charge in [-0.3, -0.25) is 9.59 Å². The first-order valence-corrected chi connectivity index (χ1v) is 10.4. The average molecular weight is 342 g/mol. The van der Waals surface area contributed by atoms with Gasteiger partial charge in [0.2, 0.25) is 0 Å². The molecular formula is C22H30O3. The second kappa shape index (κ2) is 5.44. The van der Waals surface area contributed by atoms with Crippen molar-refractivity contribution in [2.45, 2.75) is 64.4 Å². The van der Waals surface area contributed by atoms with E-state index in [-0.39, 0.29) is 11.9 Å². The first kappa shape index (κ1) is 16.1. The number of carbonyl (C=O) groups excluding carboxylic acids is 2. The van der Waals surface area contributed by atoms with Crippen LogP contribution in [-0.4, -0.2) is 17.4 Å². The molecule has 0 spiro atoms. The van der Waals surface area contributed by atoms with Gasteiger partial charge in [-0.1, -0.05) is 12.2 Å². The zero-order chi connectivity index (χ0) is 17.3. The molecule has 7 atom stereocenters. The molecule has 4 bridgehead atoms. The smallest absolute Gasteiger partial charge is 0.309 e. The van der Waals surface area contributed by atoms with Crippen molar-refractivity contribution >= 4 is 11.8 Å². The van der Waals surface area contributed by atoms with Crippen LogP contribution in [0.5, 0.6) is 0 Å². The highest BCUT2D eigenvalue weighted by Gasteiger charge is 2.62. The zero-order valence-corrected chi connectivity index (χ0v) is 15.4. The van der Waals surface area contributed by atoms with Gasteiger partial charge in [-0.25, -0.2) is 0 Å². The summed E-state index contributed by atoms with van der Waals surface area (Å²) < 4.78 is 6.11. The van der Waals surface area contributed by atoms with Gasteiger partial charge in [0.1, 0.15) is 11.4 Å². The summed E-state index contributed by atoms with van der Waals surface area (Å²) in [5, 5.41) is 0. The number of fused-ring (bicyclic) bond motifs is 9. The Morgan fingerprint density at radius 2 is 1.72 bits per heavy atom. The molecular weight excluding hydrogens is 312 g/mol. The fraction of sp³-hybridized carbons (Fsp3) is 0.818. The van der Waals surface area contributed by atoms with E-state index in [0.29, 0.717) is 30.5 Å². The van der Waals surface area contributed by atoms with Gasteiger partial charge in [-0.2, -0.15) is 0 Å². The number of rotatable bonds is 3. The van der Waals surface area contributed by atoms with E-state index >= 15 is 0 Å². The number of hydrogen-bond donors (Lipinski definition) is 0. The van der Waals surface area contributed by atoms with Gasteiger partial charge in [0, 0.05) is 12.8 Å². The van der Waals surface area contributed by atoms with E-state index in [1.807, 2.05) is 0 Å². The standard InChI is InChI=1S/C22H30O3/c1-22(2,15-5-7-16(23)8-6-15)25-21(24)18-11-14-10-17(18)20-13-4-3-12(9-13)19(14)20/h3-4,12-15,17-20H,5-11H2,1-2H3. The molecule has 5 rings (SSSR count). The lowest BCUT2D eigenvalue weighted by Gasteiger charge is -2.39. The number of esters is 1. The van der Waals surface area contributed by atoms with Gasteiger partial charge in [0.15, 0.2) is 0 Å². The monoisotopic (exact) mass is 342 g/mol. The van der Waals surface area contributed by atoms with Crippen LogP contribution >= 0.6 is 0 Å². The number of ketones is 1. The molecule has 5 aliphatic rings. The molecule has 4 fully saturated rings. The Hall–Kier alpha value is -1.12. The van der Waals surface area contributed by atoms with Crippen LogP contribution in [0.4, 0.5) is 0 Å². The van der Waals surface area contributed by atoms with E-state index in [0.717, 1.165) is 48.9 Å². The first-order valence-electron chi connectivity index (χ1n) is 10.4. The Balaban J connectivity index is 1.26. The maximum Gasteiger partial charge on any atom is 0.309 e. The molecule has 0 aliphatic heterocycles. The van der Waals surface area contributed by atoms with Crippen LogP contribution in [0.1, 0.15) is 58.8 Å². The summed E-state index contributed by atoms with van der Waals surface area (Å²) in [5.41, 5.74) is -0.437. The normalized spacial score (nSPS) is 45.2. The molecule has 3 heteroatoms. The van der Waals surface area contributed by atoms with Gasteiger partial charge < -0.3 is 4.74 Å². The van der Waals surface area contributed by atoms with E-state index in [9.17, 15) is 9.59 Å². The Bertz CT molecular complexity index is 623. The van der Waals surface area contributed by atoms with Crippen molar-refractivity contribution in [1.29, 1.82) is 0 Å². The van der Waals surface area contributed by atoms with Crippen LogP contribution < -0.4 is 0 Å². The van der Waals surface area contributed by atoms with E-state index in [2.05, 4.69) is 26.0 Å². The lowest BCUT2D eigenvalue weighted by molar-refractivity contribution is -0.171. The summed E-state index contributed by atoms with van der Waals surface area (Å²) in [6, 6.07) is 0. The number of hydrogen-bond acceptors (Lipinski definition) is 3. The minimum Gasteiger partial charge on any atom is -0.459 e. The highest BCUT2D eigenvalue weighted by Crippen LogP contribution is 2.67. The van der Waals surface area contributed by atoms with Crippen molar-refractivity contribution in [2.24, 2.45) is 47.3 Å². The molecule has 0 radical (unpaired) electrons. The lowest BCUT2D eigenvalue weighted by Crippen LogP contribution is -2.43. The maximum atomic E-state index is 13.0. The largest absolute Gasteiger partial charge is 0.459 e. The summed E-state index contributed by atoms with van der Waals surface area (Å²) >= 11 is 0. The van der Waals surface area contributed by atoms with Crippen LogP contribution in [0.2, 0.25) is 0 Å². The van der Waals surface area contributed by atoms with E-state index in [1.165, 1.54) is 12.8 Å². The lowest BCUT2D eigenvalue weighted by atomic mass is 9.69. The van der Waals surface area contributed by atoms with Gasteiger partial charge in [0.05, 0.1) is 5.92 Å². The molecule has 0 aromatic rings. The van der Waals surface area contributed by atoms with Crippen molar-refractivity contribution in [3.05, 3.63) is 12.2 Å². The molecule has 3 nitrogen and oxygen atoms in total. The SMILES string of the molecule is CC(C)(OC(=O)C1CC2CC1C1C3C=CC(C3)C21)C1CCC(=O)CC1. The van der Waals surface area contributed by atoms with Crippen molar-refractivity contribution in [3.63, 3.8) is 0 Å². The third-order valence-corrected chi connectivity index (χ3v) is 8.46. The number of Topliss-reactive ketones (excluding diaryl/α,β-unsaturated/α-hetero) is 1. The van der Waals surface area contributed by atoms with Crippen LogP contribution in [0.15, 0.2) is 12.2 Å². The van der Waals surface area contributed by atoms with Crippen LogP contribution in [0.25, 0.3) is 0 Å². The Kier molecular flexibility index (Phi) is 3.50. The minimum atomic E-state index is -0.437. The fourth-order valence-electron chi connectivity index (χ4n) is 7.34. The van der Waals surface area contributed by atoms with Crippen molar-refractivity contribution in [1.82, 2.24) is 0 Å². The number of carbonyl (C=O) groups is 2.